The number of pyridine rings is 2. The number of halogens is 4. The van der Waals surface area contributed by atoms with Crippen LogP contribution in [0.4, 0.5) is 57.9 Å². The number of hydrogen-bond acceptors (Lipinski definition) is 18. The third kappa shape index (κ3) is 12.0. The highest BCUT2D eigenvalue weighted by Gasteiger charge is 2.27. The van der Waals surface area contributed by atoms with Crippen molar-refractivity contribution in [2.24, 2.45) is 9.98 Å². The summed E-state index contributed by atoms with van der Waals surface area (Å²) >= 11 is 26.7. The van der Waals surface area contributed by atoms with Crippen molar-refractivity contribution < 1.29 is 9.85 Å². The van der Waals surface area contributed by atoms with E-state index >= 15 is 0 Å². The van der Waals surface area contributed by atoms with Crippen molar-refractivity contribution in [1.29, 1.82) is 0 Å². The van der Waals surface area contributed by atoms with Crippen LogP contribution < -0.4 is 32.1 Å². The molecule has 8 rings (SSSR count). The number of benzene rings is 2. The SMILES string of the molecule is CC(=Nc1cnc(N(CCNc2ccc([N+](=O)[O-])c(N)n2)N(CCNc2ccc([N+](=O)[O-])c(N)n2)c2ncc(N=C(C)N3CCCC3)c(-c3ccc(Cl)cc3Cl)n2)nc1-c1ccc(Cl)cc1Cl)N1CCCC1. The Bertz CT molecular complexity index is 2860. The minimum Gasteiger partial charge on any atom is -0.378 e. The number of hydrogen-bond donors (Lipinski definition) is 4. The van der Waals surface area contributed by atoms with Crippen LogP contribution in [-0.4, -0.2) is 114 Å². The van der Waals surface area contributed by atoms with Crippen LogP contribution in [0.3, 0.4) is 0 Å². The molecule has 0 aliphatic carbocycles. The Labute approximate surface area is 433 Å². The van der Waals surface area contributed by atoms with Crippen molar-refractivity contribution in [3.63, 3.8) is 0 Å². The maximum absolute atomic E-state index is 11.6. The first-order chi connectivity index (χ1) is 34.6. The van der Waals surface area contributed by atoms with Gasteiger partial charge in [0.2, 0.25) is 23.5 Å². The lowest BCUT2D eigenvalue weighted by molar-refractivity contribution is -0.384. The molecular weight excluding hydrogens is 1010 g/mol. The molecule has 0 spiro atoms. The smallest absolute Gasteiger partial charge is 0.311 e. The van der Waals surface area contributed by atoms with E-state index in [4.69, 9.17) is 87.8 Å². The molecule has 22 nitrogen and oxygen atoms in total. The summed E-state index contributed by atoms with van der Waals surface area (Å²) < 4.78 is 0. The van der Waals surface area contributed by atoms with Gasteiger partial charge in [0.05, 0.1) is 45.4 Å². The fraction of sp³-hybridized carbons (Fsp3) is 0.304. The van der Waals surface area contributed by atoms with E-state index < -0.39 is 9.85 Å². The molecule has 0 unspecified atom stereocenters. The number of rotatable bonds is 17. The molecule has 2 fully saturated rings. The second-order valence-electron chi connectivity index (χ2n) is 16.6. The topological polar surface area (TPSA) is 277 Å². The summed E-state index contributed by atoms with van der Waals surface area (Å²) in [6, 6.07) is 15.6. The van der Waals surface area contributed by atoms with Crippen LogP contribution >= 0.6 is 46.4 Å². The molecule has 2 aromatic carbocycles. The first-order valence-electron chi connectivity index (χ1n) is 22.7. The summed E-state index contributed by atoms with van der Waals surface area (Å²) in [4.78, 5) is 65.0. The molecule has 26 heteroatoms. The lowest BCUT2D eigenvalue weighted by atomic mass is 10.1. The zero-order valence-electron chi connectivity index (χ0n) is 39.0. The third-order valence-corrected chi connectivity index (χ3v) is 12.9. The minimum atomic E-state index is -0.613. The van der Waals surface area contributed by atoms with Crippen molar-refractivity contribution in [2.45, 2.75) is 39.5 Å². The number of anilines is 6. The van der Waals surface area contributed by atoms with Crippen molar-refractivity contribution in [3.05, 3.63) is 113 Å². The van der Waals surface area contributed by atoms with Gasteiger partial charge in [-0.3, -0.25) is 20.2 Å². The Hall–Kier alpha value is -7.40. The van der Waals surface area contributed by atoms with E-state index in [2.05, 4.69) is 30.4 Å². The zero-order valence-corrected chi connectivity index (χ0v) is 42.0. The number of amidine groups is 2. The number of aliphatic imine (C=N–C) groups is 2. The summed E-state index contributed by atoms with van der Waals surface area (Å²) in [6.45, 7) is 7.69. The van der Waals surface area contributed by atoms with Crippen LogP contribution in [0.1, 0.15) is 39.5 Å². The van der Waals surface area contributed by atoms with E-state index in [1.807, 2.05) is 13.8 Å². The van der Waals surface area contributed by atoms with E-state index in [1.54, 1.807) is 58.8 Å². The van der Waals surface area contributed by atoms with Crippen molar-refractivity contribution in [1.82, 2.24) is 39.7 Å². The van der Waals surface area contributed by atoms with Crippen LogP contribution in [0.15, 0.2) is 83.0 Å². The van der Waals surface area contributed by atoms with Crippen LogP contribution in [0, 0.1) is 20.2 Å². The molecule has 0 atom stereocenters. The lowest BCUT2D eigenvalue weighted by Crippen LogP contribution is -2.49. The molecule has 4 aromatic heterocycles. The van der Waals surface area contributed by atoms with Gasteiger partial charge in [0.1, 0.15) is 46.1 Å². The summed E-state index contributed by atoms with van der Waals surface area (Å²) in [7, 11) is 0. The number of nitrogens with one attached hydrogen (secondary N) is 2. The highest BCUT2D eigenvalue weighted by Crippen LogP contribution is 2.39. The molecule has 2 aliphatic heterocycles. The molecule has 0 radical (unpaired) electrons. The number of aromatic nitrogens is 6. The fourth-order valence-corrected chi connectivity index (χ4v) is 9.15. The lowest BCUT2D eigenvalue weighted by Gasteiger charge is -2.35. The second-order valence-corrected chi connectivity index (χ2v) is 18.3. The van der Waals surface area contributed by atoms with Crippen molar-refractivity contribution in [3.8, 4) is 22.5 Å². The average Bonchev–Trinajstić information content (AvgIpc) is 4.10. The van der Waals surface area contributed by atoms with Crippen LogP contribution in [0.5, 0.6) is 0 Å². The maximum atomic E-state index is 11.6. The van der Waals surface area contributed by atoms with Gasteiger partial charge >= 0.3 is 11.4 Å². The standard InChI is InChI=1S/C46H48Cl4N18O4/c1-27(63-17-3-4-18-63)57-35-25-55-45(61-41(35)31-9-7-29(47)23-33(31)49)65(21-15-53-39-13-11-37(67(69)70)43(51)59-39)66(22-16-54-40-14-12-38(68(71)72)44(52)60-40)46-56-26-36(58-28(2)64-19-5-6-20-64)42(62-46)32-10-8-30(48)24-34(32)50/h7-14,23-26H,3-6,15-22H2,1-2H3,(H3,51,53,59)(H3,52,54,60). The van der Waals surface area contributed by atoms with Crippen LogP contribution in [0.2, 0.25) is 20.1 Å². The van der Waals surface area contributed by atoms with E-state index in [0.717, 1.165) is 63.5 Å². The predicted molar refractivity (Wildman–Crippen MR) is 284 cm³/mol. The number of nitrogens with zero attached hydrogens (tertiary/aromatic N) is 14. The number of nitro groups is 2. The molecule has 374 valence electrons. The summed E-state index contributed by atoms with van der Waals surface area (Å²) in [6.07, 6.45) is 7.39. The third-order valence-electron chi connectivity index (χ3n) is 11.8. The summed E-state index contributed by atoms with van der Waals surface area (Å²) in [5, 5.41) is 34.5. The normalized spacial score (nSPS) is 13.9. The highest BCUT2D eigenvalue weighted by molar-refractivity contribution is 6.37. The molecular formula is C46H48Cl4N18O4. The van der Waals surface area contributed by atoms with Crippen LogP contribution in [0.25, 0.3) is 22.5 Å². The molecule has 2 aliphatic rings. The van der Waals surface area contributed by atoms with Gasteiger partial charge in [-0.1, -0.05) is 46.4 Å². The van der Waals surface area contributed by atoms with Gasteiger partial charge < -0.3 is 31.9 Å². The Morgan fingerprint density at radius 2 is 1.01 bits per heavy atom. The minimum absolute atomic E-state index is 0.0683. The quantitative estimate of drug-likeness (QED) is 0.0286. The molecule has 2 saturated heterocycles. The molecule has 0 amide bonds. The zero-order chi connectivity index (χ0) is 51.1. The van der Waals surface area contributed by atoms with Crippen LogP contribution in [-0.2, 0) is 0 Å². The Kier molecular flexibility index (Phi) is 16.1. The van der Waals surface area contributed by atoms with E-state index in [0.29, 0.717) is 54.0 Å². The van der Waals surface area contributed by atoms with E-state index in [1.165, 1.54) is 24.3 Å². The molecule has 6 N–H and O–H groups in total. The van der Waals surface area contributed by atoms with Gasteiger partial charge in [0.25, 0.3) is 0 Å². The molecule has 0 saturated carbocycles. The largest absolute Gasteiger partial charge is 0.378 e. The van der Waals surface area contributed by atoms with E-state index in [-0.39, 0.29) is 72.7 Å². The molecule has 72 heavy (non-hydrogen) atoms. The first-order valence-corrected chi connectivity index (χ1v) is 24.2. The second kappa shape index (κ2) is 22.8. The Morgan fingerprint density at radius 3 is 1.36 bits per heavy atom. The number of likely N-dealkylation sites (tertiary alicyclic amines) is 2. The average molecular weight is 1060 g/mol. The van der Waals surface area contributed by atoms with Gasteiger partial charge in [-0.15, -0.1) is 0 Å². The van der Waals surface area contributed by atoms with Gasteiger partial charge in [-0.25, -0.2) is 49.9 Å². The Balaban J connectivity index is 1.29. The van der Waals surface area contributed by atoms with Gasteiger partial charge in [-0.05, 0) is 88.1 Å². The van der Waals surface area contributed by atoms with Crippen molar-refractivity contribution >= 4 is 116 Å². The highest BCUT2D eigenvalue weighted by atomic mass is 35.5. The van der Waals surface area contributed by atoms with Gasteiger partial charge in [0.15, 0.2) is 0 Å². The number of hydrazine groups is 1. The first kappa shape index (κ1) is 51.0. The molecule has 0 bridgehead atoms. The Morgan fingerprint density at radius 1 is 0.625 bits per heavy atom. The van der Waals surface area contributed by atoms with Gasteiger partial charge in [0, 0.05) is 72.6 Å². The molecule has 6 aromatic rings. The number of nitrogen functional groups attached to an aromatic ring is 2. The molecule has 6 heterocycles. The van der Waals surface area contributed by atoms with E-state index in [9.17, 15) is 20.2 Å². The van der Waals surface area contributed by atoms with Gasteiger partial charge in [-0.2, -0.15) is 0 Å². The van der Waals surface area contributed by atoms with Crippen molar-refractivity contribution in [2.75, 3.05) is 84.5 Å². The monoisotopic (exact) mass is 1060 g/mol. The predicted octanol–water partition coefficient (Wildman–Crippen LogP) is 9.73. The maximum Gasteiger partial charge on any atom is 0.311 e. The summed E-state index contributed by atoms with van der Waals surface area (Å²) in [5.41, 5.74) is 14.0. The fourth-order valence-electron chi connectivity index (χ4n) is 8.15. The number of nitrogens with two attached hydrogens (primary N) is 2. The summed E-state index contributed by atoms with van der Waals surface area (Å²) in [5.74, 6) is 1.83.